The highest BCUT2D eigenvalue weighted by Gasteiger charge is 2.19. The summed E-state index contributed by atoms with van der Waals surface area (Å²) in [6.45, 7) is 7.60. The zero-order chi connectivity index (χ0) is 15.8. The average molecular weight is 305 g/mol. The lowest BCUT2D eigenvalue weighted by Crippen LogP contribution is -2.47. The summed E-state index contributed by atoms with van der Waals surface area (Å²) in [5.74, 6) is 1.09. The van der Waals surface area contributed by atoms with E-state index in [1.807, 2.05) is 18.2 Å². The molecule has 0 radical (unpaired) electrons. The molecule has 1 aromatic carbocycles. The third-order valence-corrected chi connectivity index (χ3v) is 4.03. The van der Waals surface area contributed by atoms with Gasteiger partial charge in [-0.1, -0.05) is 19.1 Å². The van der Waals surface area contributed by atoms with Crippen molar-refractivity contribution < 1.29 is 9.53 Å². The van der Waals surface area contributed by atoms with Crippen LogP contribution in [0, 0.1) is 0 Å². The van der Waals surface area contributed by atoms with Gasteiger partial charge in [0.05, 0.1) is 12.8 Å². The molecule has 5 nitrogen and oxygen atoms in total. The van der Waals surface area contributed by atoms with Gasteiger partial charge < -0.3 is 15.0 Å². The molecule has 1 saturated heterocycles. The zero-order valence-corrected chi connectivity index (χ0v) is 13.7. The Balaban J connectivity index is 1.77. The Morgan fingerprint density at radius 1 is 1.23 bits per heavy atom. The fourth-order valence-corrected chi connectivity index (χ4v) is 2.72. The van der Waals surface area contributed by atoms with E-state index in [-0.39, 0.29) is 5.91 Å². The molecule has 0 bridgehead atoms. The average Bonchev–Trinajstić information content (AvgIpc) is 2.58. The molecule has 0 unspecified atom stereocenters. The van der Waals surface area contributed by atoms with Crippen molar-refractivity contribution in [3.05, 3.63) is 24.3 Å². The first-order valence-electron chi connectivity index (χ1n) is 8.11. The standard InChI is InChI=1S/C17H27N3O2/c1-3-9-18-17(21)8-10-19-11-13-20(14-12-19)15-6-4-5-7-16(15)22-2/h4-7H,3,8-14H2,1-2H3,(H,18,21). The van der Waals surface area contributed by atoms with Crippen LogP contribution < -0.4 is 15.0 Å². The summed E-state index contributed by atoms with van der Waals surface area (Å²) >= 11 is 0. The van der Waals surface area contributed by atoms with Crippen LogP contribution in [0.1, 0.15) is 19.8 Å². The van der Waals surface area contributed by atoms with Crippen molar-refractivity contribution >= 4 is 11.6 Å². The van der Waals surface area contributed by atoms with Crippen molar-refractivity contribution in [2.45, 2.75) is 19.8 Å². The van der Waals surface area contributed by atoms with Gasteiger partial charge in [0.1, 0.15) is 5.75 Å². The fourth-order valence-electron chi connectivity index (χ4n) is 2.72. The maximum absolute atomic E-state index is 11.6. The Morgan fingerprint density at radius 2 is 1.95 bits per heavy atom. The van der Waals surface area contributed by atoms with Gasteiger partial charge >= 0.3 is 0 Å². The minimum Gasteiger partial charge on any atom is -0.495 e. The maximum Gasteiger partial charge on any atom is 0.221 e. The van der Waals surface area contributed by atoms with Gasteiger partial charge in [-0.3, -0.25) is 9.69 Å². The van der Waals surface area contributed by atoms with Gasteiger partial charge in [-0.25, -0.2) is 0 Å². The second-order valence-electron chi connectivity index (χ2n) is 5.60. The number of hydrogen-bond donors (Lipinski definition) is 1. The summed E-state index contributed by atoms with van der Waals surface area (Å²) in [6, 6.07) is 8.14. The molecule has 122 valence electrons. The van der Waals surface area contributed by atoms with E-state index in [9.17, 15) is 4.79 Å². The van der Waals surface area contributed by atoms with Crippen LogP contribution in [-0.2, 0) is 4.79 Å². The second-order valence-corrected chi connectivity index (χ2v) is 5.60. The van der Waals surface area contributed by atoms with Crippen LogP contribution in [0.5, 0.6) is 5.75 Å². The number of rotatable bonds is 7. The molecule has 1 fully saturated rings. The smallest absolute Gasteiger partial charge is 0.221 e. The van der Waals surface area contributed by atoms with Crippen molar-refractivity contribution in [1.82, 2.24) is 10.2 Å². The van der Waals surface area contributed by atoms with Gasteiger partial charge in [0, 0.05) is 45.7 Å². The normalized spacial score (nSPS) is 15.6. The van der Waals surface area contributed by atoms with Crippen molar-refractivity contribution in [1.29, 1.82) is 0 Å². The predicted octanol–water partition coefficient (Wildman–Crippen LogP) is 1.73. The number of nitrogens with one attached hydrogen (secondary N) is 1. The highest BCUT2D eigenvalue weighted by Crippen LogP contribution is 2.28. The summed E-state index contributed by atoms with van der Waals surface area (Å²) < 4.78 is 5.43. The van der Waals surface area contributed by atoms with E-state index < -0.39 is 0 Å². The molecule has 0 atom stereocenters. The number of carbonyl (C=O) groups excluding carboxylic acids is 1. The summed E-state index contributed by atoms with van der Waals surface area (Å²) in [4.78, 5) is 16.4. The molecule has 0 aliphatic carbocycles. The van der Waals surface area contributed by atoms with Crippen molar-refractivity contribution in [3.63, 3.8) is 0 Å². The lowest BCUT2D eigenvalue weighted by molar-refractivity contribution is -0.121. The summed E-state index contributed by atoms with van der Waals surface area (Å²) in [5.41, 5.74) is 1.16. The van der Waals surface area contributed by atoms with E-state index in [1.165, 1.54) is 0 Å². The Bertz CT molecular complexity index is 471. The predicted molar refractivity (Wildman–Crippen MR) is 89.6 cm³/mol. The Labute approximate surface area is 133 Å². The zero-order valence-electron chi connectivity index (χ0n) is 13.7. The first-order valence-corrected chi connectivity index (χ1v) is 8.11. The van der Waals surface area contributed by atoms with Crippen LogP contribution in [0.15, 0.2) is 24.3 Å². The molecule has 22 heavy (non-hydrogen) atoms. The number of nitrogens with zero attached hydrogens (tertiary/aromatic N) is 2. The van der Waals surface area contributed by atoms with Gasteiger partial charge in [-0.15, -0.1) is 0 Å². The van der Waals surface area contributed by atoms with Gasteiger partial charge in [-0.2, -0.15) is 0 Å². The summed E-state index contributed by atoms with van der Waals surface area (Å²) in [5, 5.41) is 2.93. The van der Waals surface area contributed by atoms with Crippen LogP contribution in [0.25, 0.3) is 0 Å². The van der Waals surface area contributed by atoms with Crippen LogP contribution in [0.2, 0.25) is 0 Å². The number of anilines is 1. The van der Waals surface area contributed by atoms with E-state index in [2.05, 4.69) is 28.1 Å². The molecule has 1 heterocycles. The number of methoxy groups -OCH3 is 1. The molecule has 1 aromatic rings. The molecule has 2 rings (SSSR count). The lowest BCUT2D eigenvalue weighted by atomic mass is 10.2. The SMILES string of the molecule is CCCNC(=O)CCN1CCN(c2ccccc2OC)CC1. The van der Waals surface area contributed by atoms with Gasteiger partial charge in [0.2, 0.25) is 5.91 Å². The monoisotopic (exact) mass is 305 g/mol. The first-order chi connectivity index (χ1) is 10.7. The lowest BCUT2D eigenvalue weighted by Gasteiger charge is -2.36. The number of carbonyl (C=O) groups is 1. The Hall–Kier alpha value is -1.75. The van der Waals surface area contributed by atoms with Crippen molar-refractivity contribution in [3.8, 4) is 5.75 Å². The number of piperazine rings is 1. The Kier molecular flexibility index (Phi) is 6.52. The second kappa shape index (κ2) is 8.63. The molecule has 0 saturated carbocycles. The Morgan fingerprint density at radius 3 is 2.64 bits per heavy atom. The largest absolute Gasteiger partial charge is 0.495 e. The quantitative estimate of drug-likeness (QED) is 0.833. The third-order valence-electron chi connectivity index (χ3n) is 4.03. The van der Waals surface area contributed by atoms with E-state index in [0.717, 1.165) is 57.1 Å². The highest BCUT2D eigenvalue weighted by atomic mass is 16.5. The molecule has 1 aliphatic heterocycles. The fraction of sp³-hybridized carbons (Fsp3) is 0.588. The summed E-state index contributed by atoms with van der Waals surface area (Å²) in [7, 11) is 1.71. The molecule has 1 aliphatic rings. The molecular formula is C17H27N3O2. The van der Waals surface area contributed by atoms with E-state index >= 15 is 0 Å². The van der Waals surface area contributed by atoms with Crippen LogP contribution in [0.4, 0.5) is 5.69 Å². The molecular weight excluding hydrogens is 278 g/mol. The van der Waals surface area contributed by atoms with E-state index in [1.54, 1.807) is 7.11 Å². The number of para-hydroxylation sites is 2. The third kappa shape index (κ3) is 4.63. The minimum atomic E-state index is 0.161. The van der Waals surface area contributed by atoms with E-state index in [4.69, 9.17) is 4.74 Å². The van der Waals surface area contributed by atoms with Crippen LogP contribution in [-0.4, -0.2) is 57.2 Å². The van der Waals surface area contributed by atoms with Crippen LogP contribution in [0.3, 0.4) is 0 Å². The molecule has 5 heteroatoms. The molecule has 1 N–H and O–H groups in total. The minimum absolute atomic E-state index is 0.161. The van der Waals surface area contributed by atoms with Gasteiger partial charge in [-0.05, 0) is 18.6 Å². The maximum atomic E-state index is 11.6. The van der Waals surface area contributed by atoms with Gasteiger partial charge in [0.15, 0.2) is 0 Å². The van der Waals surface area contributed by atoms with Crippen molar-refractivity contribution in [2.75, 3.05) is 51.3 Å². The molecule has 1 amide bonds. The topological polar surface area (TPSA) is 44.8 Å². The van der Waals surface area contributed by atoms with Crippen LogP contribution >= 0.6 is 0 Å². The van der Waals surface area contributed by atoms with Gasteiger partial charge in [0.25, 0.3) is 0 Å². The highest BCUT2D eigenvalue weighted by molar-refractivity contribution is 5.76. The number of benzene rings is 1. The molecule has 0 aromatic heterocycles. The van der Waals surface area contributed by atoms with Crippen molar-refractivity contribution in [2.24, 2.45) is 0 Å². The number of hydrogen-bond acceptors (Lipinski definition) is 4. The summed E-state index contributed by atoms with van der Waals surface area (Å²) in [6.07, 6.45) is 1.58. The molecule has 0 spiro atoms. The first kappa shape index (κ1) is 16.6. The number of amides is 1. The van der Waals surface area contributed by atoms with E-state index in [0.29, 0.717) is 6.42 Å². The number of ether oxygens (including phenoxy) is 1.